The van der Waals surface area contributed by atoms with Gasteiger partial charge in [-0.15, -0.1) is 0 Å². The van der Waals surface area contributed by atoms with Crippen LogP contribution in [0.2, 0.25) is 0 Å². The second kappa shape index (κ2) is 11.3. The topological polar surface area (TPSA) is 3.01 Å². The molecule has 5 heteroatoms. The van der Waals surface area contributed by atoms with Crippen LogP contribution in [-0.2, 0) is 6.54 Å². The predicted octanol–water partition coefficient (Wildman–Crippen LogP) is 5.78. The summed E-state index contributed by atoms with van der Waals surface area (Å²) in [6, 6.07) is 6.69. The van der Waals surface area contributed by atoms with Gasteiger partial charge in [-0.3, -0.25) is 0 Å². The van der Waals surface area contributed by atoms with Gasteiger partial charge in [-0.25, -0.2) is 8.78 Å². The molecule has 28 heavy (non-hydrogen) atoms. The van der Waals surface area contributed by atoms with Crippen molar-refractivity contribution in [1.82, 2.24) is 0 Å². The van der Waals surface area contributed by atoms with Crippen LogP contribution >= 0.6 is 11.8 Å². The quantitative estimate of drug-likeness (QED) is 0.165. The molecule has 0 aliphatic rings. The molecule has 1 aromatic rings. The largest absolute Gasteiger partial charge is 0.313 e. The molecule has 0 radical (unpaired) electrons. The molecule has 0 heterocycles. The molecule has 0 saturated carbocycles. The molecule has 2 nitrogen and oxygen atoms in total. The standard InChI is InChI=1S/C23H34F2N2S/c1-8-21(24)12-9-19(4)15-27(6,16-20-10-13-22(25)14-11-20)17-23(28-7)26(5)18(2)3/h8-14,19H,2,15-17H2,1,3-7H3/q+2. The first kappa shape index (κ1) is 24.3. The first-order chi connectivity index (χ1) is 13.1. The third-order valence-corrected chi connectivity index (χ3v) is 5.64. The number of hydrogen-bond acceptors (Lipinski definition) is 1. The highest BCUT2D eigenvalue weighted by Crippen LogP contribution is 2.19. The third kappa shape index (κ3) is 8.11. The Morgan fingerprint density at radius 2 is 1.93 bits per heavy atom. The fraction of sp³-hybridized carbons (Fsp3) is 0.435. The van der Waals surface area contributed by atoms with Crippen molar-refractivity contribution in [2.75, 3.05) is 33.4 Å². The number of allylic oxidation sites excluding steroid dienone is 4. The van der Waals surface area contributed by atoms with Crippen LogP contribution in [0.4, 0.5) is 8.78 Å². The van der Waals surface area contributed by atoms with Gasteiger partial charge < -0.3 is 4.48 Å². The van der Waals surface area contributed by atoms with Gasteiger partial charge in [-0.05, 0) is 38.0 Å². The molecule has 0 N–H and O–H groups in total. The van der Waals surface area contributed by atoms with Crippen molar-refractivity contribution >= 4 is 16.8 Å². The molecule has 1 rings (SSSR count). The van der Waals surface area contributed by atoms with Gasteiger partial charge in [0.1, 0.15) is 25.2 Å². The molecular formula is C23H34F2N2S+2. The van der Waals surface area contributed by atoms with Gasteiger partial charge in [0.15, 0.2) is 12.2 Å². The molecule has 0 aliphatic heterocycles. The Labute approximate surface area is 173 Å². The summed E-state index contributed by atoms with van der Waals surface area (Å²) < 4.78 is 29.6. The van der Waals surface area contributed by atoms with Crippen LogP contribution in [0.3, 0.4) is 0 Å². The highest BCUT2D eigenvalue weighted by Gasteiger charge is 2.30. The lowest BCUT2D eigenvalue weighted by atomic mass is 10.1. The highest BCUT2D eigenvalue weighted by molar-refractivity contribution is 8.13. The van der Waals surface area contributed by atoms with Crippen molar-refractivity contribution < 1.29 is 17.8 Å². The molecular weight excluding hydrogens is 374 g/mol. The van der Waals surface area contributed by atoms with E-state index >= 15 is 0 Å². The van der Waals surface area contributed by atoms with Gasteiger partial charge in [0, 0.05) is 18.4 Å². The minimum Gasteiger partial charge on any atom is -0.313 e. The average Bonchev–Trinajstić information content (AvgIpc) is 2.65. The van der Waals surface area contributed by atoms with Crippen LogP contribution in [0.1, 0.15) is 26.3 Å². The number of hydrogen-bond donors (Lipinski definition) is 0. The average molecular weight is 409 g/mol. The van der Waals surface area contributed by atoms with Crippen LogP contribution in [0, 0.1) is 11.7 Å². The summed E-state index contributed by atoms with van der Waals surface area (Å²) in [6.45, 7) is 12.2. The second-order valence-corrected chi connectivity index (χ2v) is 8.53. The van der Waals surface area contributed by atoms with Crippen molar-refractivity contribution in [3.63, 3.8) is 0 Å². The van der Waals surface area contributed by atoms with Gasteiger partial charge in [0.25, 0.3) is 5.04 Å². The summed E-state index contributed by atoms with van der Waals surface area (Å²) >= 11 is 1.71. The summed E-state index contributed by atoms with van der Waals surface area (Å²) in [5.74, 6) is -0.262. The number of rotatable bonds is 9. The van der Waals surface area contributed by atoms with E-state index in [2.05, 4.69) is 31.4 Å². The summed E-state index contributed by atoms with van der Waals surface area (Å²) in [4.78, 5) is 0. The summed E-state index contributed by atoms with van der Waals surface area (Å²) in [7, 11) is 4.23. The number of quaternary nitrogens is 1. The van der Waals surface area contributed by atoms with E-state index in [1.807, 2.05) is 32.2 Å². The van der Waals surface area contributed by atoms with Gasteiger partial charge in [-0.1, -0.05) is 43.0 Å². The van der Waals surface area contributed by atoms with E-state index in [1.54, 1.807) is 18.7 Å². The predicted molar refractivity (Wildman–Crippen MR) is 119 cm³/mol. The first-order valence-corrected chi connectivity index (χ1v) is 10.7. The number of nitrogens with zero attached hydrogens (tertiary/aromatic N) is 2. The van der Waals surface area contributed by atoms with Crippen LogP contribution in [0.5, 0.6) is 0 Å². The highest BCUT2D eigenvalue weighted by atomic mass is 32.2. The lowest BCUT2D eigenvalue weighted by molar-refractivity contribution is -0.917. The number of thioether (sulfide) groups is 1. The smallest absolute Gasteiger partial charge is 0.271 e. The number of halogens is 2. The van der Waals surface area contributed by atoms with Gasteiger partial charge in [-0.2, -0.15) is 4.58 Å². The Morgan fingerprint density at radius 1 is 1.32 bits per heavy atom. The van der Waals surface area contributed by atoms with E-state index in [0.29, 0.717) is 0 Å². The zero-order valence-electron chi connectivity index (χ0n) is 18.0. The van der Waals surface area contributed by atoms with Crippen LogP contribution in [0.15, 0.2) is 60.6 Å². The Kier molecular flexibility index (Phi) is 9.83. The Bertz CT molecular complexity index is 750. The van der Waals surface area contributed by atoms with Crippen molar-refractivity contribution in [2.45, 2.75) is 27.3 Å². The molecule has 0 aliphatic carbocycles. The summed E-state index contributed by atoms with van der Waals surface area (Å²) in [6.07, 6.45) is 6.98. The molecule has 0 aromatic heterocycles. The molecule has 0 saturated heterocycles. The van der Waals surface area contributed by atoms with E-state index in [-0.39, 0.29) is 17.6 Å². The SMILES string of the molecule is C=C(C)[N+](C)=C(C[N+](C)(Cc1ccc(F)cc1)CC(C)C=CC(F)=CC)SC. The minimum atomic E-state index is -0.227. The monoisotopic (exact) mass is 408 g/mol. The molecule has 1 aromatic carbocycles. The summed E-state index contributed by atoms with van der Waals surface area (Å²) in [5.41, 5.74) is 2.07. The van der Waals surface area contributed by atoms with Crippen LogP contribution in [0.25, 0.3) is 0 Å². The van der Waals surface area contributed by atoms with E-state index < -0.39 is 0 Å². The lowest BCUT2D eigenvalue weighted by Gasteiger charge is -2.35. The Balaban J connectivity index is 3.17. The van der Waals surface area contributed by atoms with Crippen molar-refractivity contribution in [1.29, 1.82) is 0 Å². The maximum Gasteiger partial charge on any atom is 0.271 e. The third-order valence-electron chi connectivity index (χ3n) is 4.77. The van der Waals surface area contributed by atoms with Crippen molar-refractivity contribution in [2.24, 2.45) is 5.92 Å². The Morgan fingerprint density at radius 3 is 2.43 bits per heavy atom. The van der Waals surface area contributed by atoms with Gasteiger partial charge >= 0.3 is 0 Å². The molecule has 0 amide bonds. The maximum absolute atomic E-state index is 13.5. The van der Waals surface area contributed by atoms with Gasteiger partial charge in [0.05, 0.1) is 13.6 Å². The molecule has 0 fully saturated rings. The van der Waals surface area contributed by atoms with Crippen LogP contribution < -0.4 is 0 Å². The van der Waals surface area contributed by atoms with E-state index in [1.165, 1.54) is 29.3 Å². The fourth-order valence-electron chi connectivity index (χ4n) is 3.17. The molecule has 0 bridgehead atoms. The minimum absolute atomic E-state index is 0.189. The molecule has 2 unspecified atom stereocenters. The van der Waals surface area contributed by atoms with Crippen molar-refractivity contribution in [3.05, 3.63) is 72.0 Å². The molecule has 154 valence electrons. The Hall–Kier alpha value is -1.72. The molecule has 2 atom stereocenters. The van der Waals surface area contributed by atoms with Gasteiger partial charge in [0.2, 0.25) is 0 Å². The van der Waals surface area contributed by atoms with Crippen molar-refractivity contribution in [3.8, 4) is 0 Å². The zero-order chi connectivity index (χ0) is 21.3. The normalized spacial score (nSPS) is 16.6. The summed E-state index contributed by atoms with van der Waals surface area (Å²) in [5, 5.41) is 1.22. The van der Waals surface area contributed by atoms with E-state index in [9.17, 15) is 8.78 Å². The zero-order valence-corrected chi connectivity index (χ0v) is 18.8. The number of benzene rings is 1. The lowest BCUT2D eigenvalue weighted by Crippen LogP contribution is -2.50. The van der Waals surface area contributed by atoms with E-state index in [4.69, 9.17) is 0 Å². The van der Waals surface area contributed by atoms with E-state index in [0.717, 1.165) is 35.4 Å². The maximum atomic E-state index is 13.5. The van der Waals surface area contributed by atoms with Crippen LogP contribution in [-0.4, -0.2) is 47.5 Å². The first-order valence-electron chi connectivity index (χ1n) is 9.47. The molecule has 0 spiro atoms. The second-order valence-electron chi connectivity index (χ2n) is 7.65. The fourth-order valence-corrected chi connectivity index (χ4v) is 4.04.